The zero-order chi connectivity index (χ0) is 22.7. The third-order valence-electron chi connectivity index (χ3n) is 5.02. The van der Waals surface area contributed by atoms with Crippen LogP contribution in [0.15, 0.2) is 81.8 Å². The average Bonchev–Trinajstić information content (AvgIpc) is 3.15. The average molecular weight is 512 g/mol. The molecule has 0 saturated carbocycles. The minimum absolute atomic E-state index is 0.227. The summed E-state index contributed by atoms with van der Waals surface area (Å²) in [4.78, 5) is 25.1. The van der Waals surface area contributed by atoms with E-state index in [9.17, 15) is 9.59 Å². The molecule has 1 aliphatic carbocycles. The second kappa shape index (κ2) is 9.54. The highest BCUT2D eigenvalue weighted by Crippen LogP contribution is 2.26. The molecule has 0 atom stereocenters. The van der Waals surface area contributed by atoms with E-state index in [0.29, 0.717) is 33.4 Å². The first kappa shape index (κ1) is 22.0. The Morgan fingerprint density at radius 2 is 1.72 bits per heavy atom. The molecule has 0 bridgehead atoms. The van der Waals surface area contributed by atoms with E-state index in [1.165, 1.54) is 0 Å². The van der Waals surface area contributed by atoms with Crippen molar-refractivity contribution in [3.8, 4) is 11.3 Å². The molecule has 6 nitrogen and oxygen atoms in total. The molecular formula is C24H20BrClN4O2. The molecule has 0 spiro atoms. The van der Waals surface area contributed by atoms with Gasteiger partial charge in [0.1, 0.15) is 5.82 Å². The number of amides is 2. The number of carbonyl (C=O) groups excluding carboxylic acids is 2. The minimum atomic E-state index is -0.228. The van der Waals surface area contributed by atoms with Crippen LogP contribution < -0.4 is 10.6 Å². The SMILES string of the molecule is Cn1nc(-c2ccc(NC(=O)C3=CCCC=C3Cl)cc2)cc1NC(=O)c1ccccc1Br. The molecule has 8 heteroatoms. The van der Waals surface area contributed by atoms with Crippen LogP contribution in [0.25, 0.3) is 11.3 Å². The molecule has 0 aliphatic heterocycles. The van der Waals surface area contributed by atoms with Crippen molar-refractivity contribution in [2.45, 2.75) is 12.8 Å². The Kier molecular flexibility index (Phi) is 6.58. The summed E-state index contributed by atoms with van der Waals surface area (Å²) in [6.45, 7) is 0. The smallest absolute Gasteiger partial charge is 0.257 e. The molecule has 2 amide bonds. The van der Waals surface area contributed by atoms with Crippen molar-refractivity contribution >= 4 is 50.9 Å². The zero-order valence-corrected chi connectivity index (χ0v) is 19.6. The number of rotatable bonds is 5. The van der Waals surface area contributed by atoms with Crippen molar-refractivity contribution in [1.82, 2.24) is 9.78 Å². The third-order valence-corrected chi connectivity index (χ3v) is 6.07. The van der Waals surface area contributed by atoms with Gasteiger partial charge < -0.3 is 10.6 Å². The molecule has 0 unspecified atom stereocenters. The summed E-state index contributed by atoms with van der Waals surface area (Å²) >= 11 is 9.53. The summed E-state index contributed by atoms with van der Waals surface area (Å²) in [5, 5.41) is 10.7. The number of hydrogen-bond donors (Lipinski definition) is 2. The van der Waals surface area contributed by atoms with Crippen LogP contribution in [0.5, 0.6) is 0 Å². The van der Waals surface area contributed by atoms with Gasteiger partial charge in [-0.1, -0.05) is 48.0 Å². The molecule has 1 aromatic heterocycles. The van der Waals surface area contributed by atoms with Gasteiger partial charge in [-0.3, -0.25) is 14.3 Å². The maximum atomic E-state index is 12.6. The lowest BCUT2D eigenvalue weighted by atomic mass is 10.1. The highest BCUT2D eigenvalue weighted by molar-refractivity contribution is 9.10. The summed E-state index contributed by atoms with van der Waals surface area (Å²) in [6.07, 6.45) is 5.36. The number of allylic oxidation sites excluding steroid dienone is 2. The predicted octanol–water partition coefficient (Wildman–Crippen LogP) is 5.88. The molecular weight excluding hydrogens is 492 g/mol. The Balaban J connectivity index is 1.46. The van der Waals surface area contributed by atoms with E-state index in [0.717, 1.165) is 22.9 Å². The summed E-state index contributed by atoms with van der Waals surface area (Å²) in [5.74, 6) is 0.118. The molecule has 0 radical (unpaired) electrons. The fraction of sp³-hybridized carbons (Fsp3) is 0.125. The number of halogens is 2. The van der Waals surface area contributed by atoms with Crippen LogP contribution in [0.1, 0.15) is 23.2 Å². The second-order valence-electron chi connectivity index (χ2n) is 7.25. The molecule has 162 valence electrons. The number of aromatic nitrogens is 2. The van der Waals surface area contributed by atoms with E-state index >= 15 is 0 Å². The number of carbonyl (C=O) groups is 2. The predicted molar refractivity (Wildman–Crippen MR) is 131 cm³/mol. The first-order valence-electron chi connectivity index (χ1n) is 10.0. The number of nitrogens with one attached hydrogen (secondary N) is 2. The van der Waals surface area contributed by atoms with Crippen molar-refractivity contribution in [1.29, 1.82) is 0 Å². The third kappa shape index (κ3) is 4.84. The van der Waals surface area contributed by atoms with Gasteiger partial charge in [0.2, 0.25) is 0 Å². The number of hydrogen-bond acceptors (Lipinski definition) is 3. The largest absolute Gasteiger partial charge is 0.322 e. The fourth-order valence-electron chi connectivity index (χ4n) is 3.32. The van der Waals surface area contributed by atoms with Crippen LogP contribution in [-0.2, 0) is 11.8 Å². The highest BCUT2D eigenvalue weighted by Gasteiger charge is 2.16. The quantitative estimate of drug-likeness (QED) is 0.449. The molecule has 2 N–H and O–H groups in total. The number of anilines is 2. The van der Waals surface area contributed by atoms with Gasteiger partial charge in [0, 0.05) is 33.9 Å². The van der Waals surface area contributed by atoms with Crippen LogP contribution in [0.4, 0.5) is 11.5 Å². The van der Waals surface area contributed by atoms with Gasteiger partial charge in [0.15, 0.2) is 0 Å². The number of nitrogens with zero attached hydrogens (tertiary/aromatic N) is 2. The standard InChI is InChI=1S/C24H20BrClN4O2/c1-30-22(28-23(31)17-6-2-4-8-19(17)25)14-21(29-30)15-10-12-16(13-11-15)27-24(32)18-7-3-5-9-20(18)26/h2,4,6-14H,3,5H2,1H3,(H,27,32)(H,28,31). The van der Waals surface area contributed by atoms with Crippen molar-refractivity contribution in [2.24, 2.45) is 7.05 Å². The Bertz CT molecular complexity index is 1250. The molecule has 3 aromatic rings. The van der Waals surface area contributed by atoms with E-state index in [1.54, 1.807) is 23.9 Å². The minimum Gasteiger partial charge on any atom is -0.322 e. The first-order valence-corrected chi connectivity index (χ1v) is 11.2. The molecule has 4 rings (SSSR count). The van der Waals surface area contributed by atoms with E-state index in [-0.39, 0.29) is 11.8 Å². The summed E-state index contributed by atoms with van der Waals surface area (Å²) < 4.78 is 2.34. The van der Waals surface area contributed by atoms with E-state index < -0.39 is 0 Å². The van der Waals surface area contributed by atoms with Crippen LogP contribution in [0, 0.1) is 0 Å². The molecule has 32 heavy (non-hydrogen) atoms. The molecule has 0 saturated heterocycles. The number of benzene rings is 2. The van der Waals surface area contributed by atoms with Crippen molar-refractivity contribution in [3.05, 3.63) is 87.4 Å². The van der Waals surface area contributed by atoms with Crippen molar-refractivity contribution in [3.63, 3.8) is 0 Å². The van der Waals surface area contributed by atoms with Gasteiger partial charge in [0.05, 0.1) is 16.8 Å². The Morgan fingerprint density at radius 3 is 2.44 bits per heavy atom. The van der Waals surface area contributed by atoms with Gasteiger partial charge >= 0.3 is 0 Å². The Morgan fingerprint density at radius 1 is 1.00 bits per heavy atom. The summed E-state index contributed by atoms with van der Waals surface area (Å²) in [7, 11) is 1.77. The molecule has 1 heterocycles. The number of aryl methyl sites for hydroxylation is 1. The highest BCUT2D eigenvalue weighted by atomic mass is 79.9. The van der Waals surface area contributed by atoms with Crippen LogP contribution in [0.2, 0.25) is 0 Å². The van der Waals surface area contributed by atoms with Crippen LogP contribution >= 0.6 is 27.5 Å². The van der Waals surface area contributed by atoms with Gasteiger partial charge in [-0.2, -0.15) is 5.10 Å². The first-order chi connectivity index (χ1) is 15.4. The van der Waals surface area contributed by atoms with Gasteiger partial charge in [-0.25, -0.2) is 0 Å². The fourth-order valence-corrected chi connectivity index (χ4v) is 4.06. The van der Waals surface area contributed by atoms with Gasteiger partial charge in [-0.15, -0.1) is 0 Å². The van der Waals surface area contributed by atoms with Gasteiger partial charge in [0.25, 0.3) is 11.8 Å². The molecule has 1 aliphatic rings. The summed E-state index contributed by atoms with van der Waals surface area (Å²) in [6, 6.07) is 16.4. The zero-order valence-electron chi connectivity index (χ0n) is 17.2. The van der Waals surface area contributed by atoms with Crippen LogP contribution in [-0.4, -0.2) is 21.6 Å². The topological polar surface area (TPSA) is 76.0 Å². The van der Waals surface area contributed by atoms with Crippen molar-refractivity contribution < 1.29 is 9.59 Å². The monoisotopic (exact) mass is 510 g/mol. The van der Waals surface area contributed by atoms with E-state index in [1.807, 2.05) is 54.6 Å². The Hall–Kier alpha value is -3.16. The lowest BCUT2D eigenvalue weighted by Crippen LogP contribution is -2.15. The Labute approximate surface area is 199 Å². The lowest BCUT2D eigenvalue weighted by Gasteiger charge is -2.11. The van der Waals surface area contributed by atoms with Gasteiger partial charge in [-0.05, 0) is 53.0 Å². The van der Waals surface area contributed by atoms with E-state index in [4.69, 9.17) is 11.6 Å². The normalized spacial score (nSPS) is 13.2. The van der Waals surface area contributed by atoms with E-state index in [2.05, 4.69) is 31.7 Å². The van der Waals surface area contributed by atoms with Crippen LogP contribution in [0.3, 0.4) is 0 Å². The second-order valence-corrected chi connectivity index (χ2v) is 8.51. The molecule has 2 aromatic carbocycles. The molecule has 0 fully saturated rings. The maximum Gasteiger partial charge on any atom is 0.257 e. The summed E-state index contributed by atoms with van der Waals surface area (Å²) in [5.41, 5.74) is 3.26. The lowest BCUT2D eigenvalue weighted by molar-refractivity contribution is -0.112. The maximum absolute atomic E-state index is 12.6. The van der Waals surface area contributed by atoms with Crippen molar-refractivity contribution in [2.75, 3.05) is 10.6 Å².